The van der Waals surface area contributed by atoms with E-state index in [9.17, 15) is 5.11 Å². The van der Waals surface area contributed by atoms with Gasteiger partial charge in [0.15, 0.2) is 0 Å². The monoisotopic (exact) mass is 242 g/mol. The normalized spacial score (nSPS) is 10.3. The number of rotatable bonds is 5. The number of aliphatic hydroxyl groups excluding tert-OH is 1. The first-order valence-corrected chi connectivity index (χ1v) is 6.17. The van der Waals surface area contributed by atoms with Crippen molar-refractivity contribution >= 4 is 5.69 Å². The molecule has 0 bridgehead atoms. The summed E-state index contributed by atoms with van der Waals surface area (Å²) < 4.78 is 0. The van der Waals surface area contributed by atoms with Gasteiger partial charge in [-0.05, 0) is 18.6 Å². The third kappa shape index (κ3) is 2.87. The number of hydrogen-bond donors (Lipinski definition) is 1. The molecule has 3 nitrogen and oxygen atoms in total. The third-order valence-electron chi connectivity index (χ3n) is 3.00. The maximum absolute atomic E-state index is 9.37. The number of aliphatic hydroxyl groups is 1. The van der Waals surface area contributed by atoms with Gasteiger partial charge in [-0.3, -0.25) is 4.98 Å². The predicted octanol–water partition coefficient (Wildman–Crippen LogP) is 2.60. The molecule has 1 aromatic heterocycles. The van der Waals surface area contributed by atoms with Gasteiger partial charge in [-0.25, -0.2) is 0 Å². The van der Waals surface area contributed by atoms with Crippen LogP contribution in [0.25, 0.3) is 0 Å². The first kappa shape index (κ1) is 12.6. The molecule has 0 amide bonds. The molecule has 1 heterocycles. The Kier molecular flexibility index (Phi) is 4.31. The molecule has 0 unspecified atom stereocenters. The molecule has 0 saturated carbocycles. The van der Waals surface area contributed by atoms with Crippen molar-refractivity contribution in [2.24, 2.45) is 0 Å². The van der Waals surface area contributed by atoms with Crippen LogP contribution in [-0.2, 0) is 13.2 Å². The molecular weight excluding hydrogens is 224 g/mol. The zero-order valence-corrected chi connectivity index (χ0v) is 10.6. The molecule has 0 fully saturated rings. The molecule has 0 aliphatic carbocycles. The summed E-state index contributed by atoms with van der Waals surface area (Å²) in [7, 11) is 0. The van der Waals surface area contributed by atoms with Crippen LogP contribution in [0.2, 0.25) is 0 Å². The molecule has 0 spiro atoms. The molecule has 0 atom stereocenters. The second-order valence-corrected chi connectivity index (χ2v) is 4.16. The van der Waals surface area contributed by atoms with Gasteiger partial charge < -0.3 is 10.0 Å². The fraction of sp³-hybridized carbons (Fsp3) is 0.267. The molecule has 3 heteroatoms. The van der Waals surface area contributed by atoms with Crippen molar-refractivity contribution < 1.29 is 5.11 Å². The molecule has 0 saturated heterocycles. The fourth-order valence-corrected chi connectivity index (χ4v) is 2.00. The third-order valence-corrected chi connectivity index (χ3v) is 3.00. The summed E-state index contributed by atoms with van der Waals surface area (Å²) in [6.45, 7) is 3.86. The first-order chi connectivity index (χ1) is 8.85. The van der Waals surface area contributed by atoms with Gasteiger partial charge in [-0.2, -0.15) is 0 Å². The maximum Gasteiger partial charge on any atom is 0.0703 e. The number of nitrogens with zero attached hydrogens (tertiary/aromatic N) is 2. The zero-order chi connectivity index (χ0) is 12.8. The molecule has 1 N–H and O–H groups in total. The highest BCUT2D eigenvalue weighted by Crippen LogP contribution is 2.21. The summed E-state index contributed by atoms with van der Waals surface area (Å²) in [5.74, 6) is 0. The van der Waals surface area contributed by atoms with Gasteiger partial charge in [0.05, 0.1) is 18.5 Å². The van der Waals surface area contributed by atoms with Crippen molar-refractivity contribution in [3.63, 3.8) is 0 Å². The average molecular weight is 242 g/mol. The van der Waals surface area contributed by atoms with Crippen LogP contribution < -0.4 is 4.90 Å². The quantitative estimate of drug-likeness (QED) is 0.875. The topological polar surface area (TPSA) is 36.4 Å². The molecule has 1 aromatic carbocycles. The highest BCUT2D eigenvalue weighted by atomic mass is 16.3. The number of pyridine rings is 1. The Labute approximate surface area is 108 Å². The van der Waals surface area contributed by atoms with Crippen LogP contribution in [0.4, 0.5) is 5.69 Å². The van der Waals surface area contributed by atoms with Crippen molar-refractivity contribution in [2.45, 2.75) is 20.1 Å². The van der Waals surface area contributed by atoms with E-state index >= 15 is 0 Å². The van der Waals surface area contributed by atoms with Crippen molar-refractivity contribution in [1.82, 2.24) is 4.98 Å². The van der Waals surface area contributed by atoms with Gasteiger partial charge in [-0.15, -0.1) is 0 Å². The van der Waals surface area contributed by atoms with Gasteiger partial charge in [0, 0.05) is 24.8 Å². The Bertz CT molecular complexity index is 485. The van der Waals surface area contributed by atoms with Crippen molar-refractivity contribution in [2.75, 3.05) is 11.4 Å². The van der Waals surface area contributed by atoms with Crippen LogP contribution in [-0.4, -0.2) is 16.6 Å². The number of benzene rings is 1. The summed E-state index contributed by atoms with van der Waals surface area (Å²) in [5, 5.41) is 9.37. The Morgan fingerprint density at radius 2 is 1.94 bits per heavy atom. The Hall–Kier alpha value is -1.87. The van der Waals surface area contributed by atoms with E-state index in [1.54, 1.807) is 6.20 Å². The molecule has 18 heavy (non-hydrogen) atoms. The predicted molar refractivity (Wildman–Crippen MR) is 73.3 cm³/mol. The number of anilines is 1. The Morgan fingerprint density at radius 3 is 2.61 bits per heavy atom. The van der Waals surface area contributed by atoms with Crippen LogP contribution in [0.5, 0.6) is 0 Å². The molecule has 94 valence electrons. The SMILES string of the molecule is CCN(Cc1ccccc1)c1cnccc1CO. The van der Waals surface area contributed by atoms with Crippen LogP contribution in [0.15, 0.2) is 48.8 Å². The van der Waals surface area contributed by atoms with E-state index in [0.29, 0.717) is 0 Å². The highest BCUT2D eigenvalue weighted by Gasteiger charge is 2.09. The minimum Gasteiger partial charge on any atom is -0.392 e. The van der Waals surface area contributed by atoms with E-state index in [0.717, 1.165) is 24.3 Å². The van der Waals surface area contributed by atoms with Crippen molar-refractivity contribution in [3.8, 4) is 0 Å². The summed E-state index contributed by atoms with van der Waals surface area (Å²) in [4.78, 5) is 6.37. The van der Waals surface area contributed by atoms with Crippen LogP contribution in [0.1, 0.15) is 18.1 Å². The van der Waals surface area contributed by atoms with E-state index < -0.39 is 0 Å². The summed E-state index contributed by atoms with van der Waals surface area (Å²) in [6, 6.07) is 12.2. The lowest BCUT2D eigenvalue weighted by Crippen LogP contribution is -2.23. The molecular formula is C15H18N2O. The summed E-state index contributed by atoms with van der Waals surface area (Å²) in [6.07, 6.45) is 3.53. The Morgan fingerprint density at radius 1 is 1.17 bits per heavy atom. The number of aromatic nitrogens is 1. The smallest absolute Gasteiger partial charge is 0.0703 e. The lowest BCUT2D eigenvalue weighted by atomic mass is 10.1. The minimum atomic E-state index is 0.0448. The number of hydrogen-bond acceptors (Lipinski definition) is 3. The van der Waals surface area contributed by atoms with E-state index in [2.05, 4.69) is 28.9 Å². The Balaban J connectivity index is 2.23. The van der Waals surface area contributed by atoms with E-state index in [1.807, 2.05) is 30.5 Å². The molecule has 0 aliphatic rings. The fourth-order valence-electron chi connectivity index (χ4n) is 2.00. The van der Waals surface area contributed by atoms with Crippen molar-refractivity contribution in [3.05, 3.63) is 59.9 Å². The average Bonchev–Trinajstić information content (AvgIpc) is 2.46. The molecule has 2 aromatic rings. The summed E-state index contributed by atoms with van der Waals surface area (Å²) in [5.41, 5.74) is 3.18. The maximum atomic E-state index is 9.37. The van der Waals surface area contributed by atoms with E-state index in [1.165, 1.54) is 5.56 Å². The summed E-state index contributed by atoms with van der Waals surface area (Å²) >= 11 is 0. The minimum absolute atomic E-state index is 0.0448. The van der Waals surface area contributed by atoms with Gasteiger partial charge in [0.2, 0.25) is 0 Å². The van der Waals surface area contributed by atoms with Crippen LogP contribution >= 0.6 is 0 Å². The van der Waals surface area contributed by atoms with Crippen molar-refractivity contribution in [1.29, 1.82) is 0 Å². The second-order valence-electron chi connectivity index (χ2n) is 4.16. The first-order valence-electron chi connectivity index (χ1n) is 6.17. The van der Waals surface area contributed by atoms with Gasteiger partial charge in [0.1, 0.15) is 0 Å². The van der Waals surface area contributed by atoms with Gasteiger partial charge >= 0.3 is 0 Å². The van der Waals surface area contributed by atoms with E-state index in [-0.39, 0.29) is 6.61 Å². The lowest BCUT2D eigenvalue weighted by Gasteiger charge is -2.25. The van der Waals surface area contributed by atoms with Gasteiger partial charge in [-0.1, -0.05) is 30.3 Å². The highest BCUT2D eigenvalue weighted by molar-refractivity contribution is 5.51. The largest absolute Gasteiger partial charge is 0.392 e. The van der Waals surface area contributed by atoms with E-state index in [4.69, 9.17) is 0 Å². The lowest BCUT2D eigenvalue weighted by molar-refractivity contribution is 0.282. The van der Waals surface area contributed by atoms with Gasteiger partial charge in [0.25, 0.3) is 0 Å². The second kappa shape index (κ2) is 6.17. The molecule has 0 radical (unpaired) electrons. The zero-order valence-electron chi connectivity index (χ0n) is 10.6. The molecule has 2 rings (SSSR count). The van der Waals surface area contributed by atoms with Crippen LogP contribution in [0.3, 0.4) is 0 Å². The van der Waals surface area contributed by atoms with Crippen LogP contribution in [0, 0.1) is 0 Å². The molecule has 0 aliphatic heterocycles. The standard InChI is InChI=1S/C15H18N2O/c1-2-17(11-13-6-4-3-5-7-13)15-10-16-9-8-14(15)12-18/h3-10,18H,2,11-12H2,1H3.